The van der Waals surface area contributed by atoms with Crippen LogP contribution in [0.1, 0.15) is 18.9 Å². The first-order chi connectivity index (χ1) is 8.60. The van der Waals surface area contributed by atoms with E-state index in [1.54, 1.807) is 7.11 Å². The zero-order chi connectivity index (χ0) is 13.2. The summed E-state index contributed by atoms with van der Waals surface area (Å²) in [5.74, 6) is 0.659. The topological polar surface area (TPSA) is 21.3 Å². The van der Waals surface area contributed by atoms with Crippen LogP contribution in [0.2, 0.25) is 10.0 Å². The molecule has 0 bridgehead atoms. The zero-order valence-electron chi connectivity index (χ0n) is 10.8. The van der Waals surface area contributed by atoms with Crippen molar-refractivity contribution in [2.45, 2.75) is 18.8 Å². The highest BCUT2D eigenvalue weighted by atomic mass is 35.5. The van der Waals surface area contributed by atoms with Gasteiger partial charge in [0.25, 0.3) is 0 Å². The van der Waals surface area contributed by atoms with Crippen molar-refractivity contribution < 1.29 is 4.74 Å². The molecule has 0 amide bonds. The molecule has 0 saturated heterocycles. The van der Waals surface area contributed by atoms with Gasteiger partial charge in [-0.3, -0.25) is 0 Å². The smallest absolute Gasteiger partial charge is 0.0587 e. The second-order valence-electron chi connectivity index (χ2n) is 5.06. The number of halogens is 2. The van der Waals surface area contributed by atoms with E-state index in [0.717, 1.165) is 24.7 Å². The molecule has 1 saturated carbocycles. The number of rotatable bonds is 6. The fourth-order valence-electron chi connectivity index (χ4n) is 2.58. The largest absolute Gasteiger partial charge is 0.383 e. The van der Waals surface area contributed by atoms with E-state index in [4.69, 9.17) is 27.9 Å². The number of hydrogen-bond donors (Lipinski definition) is 1. The maximum absolute atomic E-state index is 6.32. The van der Waals surface area contributed by atoms with Gasteiger partial charge in [0.2, 0.25) is 0 Å². The van der Waals surface area contributed by atoms with Crippen LogP contribution in [0.3, 0.4) is 0 Å². The SMILES string of the molecule is COCCNCC1(c2ccc(Cl)cc2Cl)CC1C. The third kappa shape index (κ3) is 2.83. The number of methoxy groups -OCH3 is 1. The summed E-state index contributed by atoms with van der Waals surface area (Å²) in [6.45, 7) is 4.82. The minimum Gasteiger partial charge on any atom is -0.383 e. The molecule has 2 atom stereocenters. The monoisotopic (exact) mass is 287 g/mol. The molecule has 1 aromatic rings. The zero-order valence-corrected chi connectivity index (χ0v) is 12.3. The Bertz CT molecular complexity index is 424. The van der Waals surface area contributed by atoms with Crippen LogP contribution in [0.4, 0.5) is 0 Å². The van der Waals surface area contributed by atoms with Crippen LogP contribution in [0.5, 0.6) is 0 Å². The molecule has 0 heterocycles. The minimum atomic E-state index is 0.176. The summed E-state index contributed by atoms with van der Waals surface area (Å²) < 4.78 is 5.04. The number of benzene rings is 1. The van der Waals surface area contributed by atoms with Crippen LogP contribution < -0.4 is 5.32 Å². The third-order valence-corrected chi connectivity index (χ3v) is 4.39. The molecule has 0 radical (unpaired) electrons. The summed E-state index contributed by atoms with van der Waals surface area (Å²) in [5.41, 5.74) is 1.39. The van der Waals surface area contributed by atoms with Gasteiger partial charge in [0, 0.05) is 35.7 Å². The predicted octanol–water partition coefficient (Wildman–Crippen LogP) is 3.51. The van der Waals surface area contributed by atoms with Crippen LogP contribution in [0, 0.1) is 5.92 Å². The van der Waals surface area contributed by atoms with E-state index >= 15 is 0 Å². The van der Waals surface area contributed by atoms with E-state index < -0.39 is 0 Å². The van der Waals surface area contributed by atoms with Crippen LogP contribution in [-0.2, 0) is 10.2 Å². The molecule has 2 nitrogen and oxygen atoms in total. The van der Waals surface area contributed by atoms with E-state index in [1.807, 2.05) is 12.1 Å². The molecule has 0 spiro atoms. The van der Waals surface area contributed by atoms with E-state index in [1.165, 1.54) is 12.0 Å². The van der Waals surface area contributed by atoms with Gasteiger partial charge in [0.15, 0.2) is 0 Å². The van der Waals surface area contributed by atoms with Gasteiger partial charge in [-0.1, -0.05) is 36.2 Å². The molecule has 18 heavy (non-hydrogen) atoms. The molecule has 2 unspecified atom stereocenters. The average Bonchev–Trinajstić information content (AvgIpc) is 2.96. The van der Waals surface area contributed by atoms with Gasteiger partial charge in [-0.25, -0.2) is 0 Å². The van der Waals surface area contributed by atoms with E-state index in [0.29, 0.717) is 10.9 Å². The van der Waals surface area contributed by atoms with Crippen LogP contribution >= 0.6 is 23.2 Å². The van der Waals surface area contributed by atoms with Crippen molar-refractivity contribution in [2.75, 3.05) is 26.8 Å². The summed E-state index contributed by atoms with van der Waals surface area (Å²) in [6.07, 6.45) is 1.17. The maximum Gasteiger partial charge on any atom is 0.0587 e. The normalized spacial score (nSPS) is 26.3. The maximum atomic E-state index is 6.32. The highest BCUT2D eigenvalue weighted by Crippen LogP contribution is 2.55. The fraction of sp³-hybridized carbons (Fsp3) is 0.571. The Kier molecular flexibility index (Phi) is 4.54. The lowest BCUT2D eigenvalue weighted by Crippen LogP contribution is -2.30. The fourth-order valence-corrected chi connectivity index (χ4v) is 3.18. The Morgan fingerprint density at radius 2 is 2.17 bits per heavy atom. The highest BCUT2D eigenvalue weighted by molar-refractivity contribution is 6.35. The van der Waals surface area contributed by atoms with Crippen LogP contribution in [-0.4, -0.2) is 26.8 Å². The third-order valence-electron chi connectivity index (χ3n) is 3.84. The van der Waals surface area contributed by atoms with Gasteiger partial charge in [-0.05, 0) is 30.0 Å². The number of ether oxygens (including phenoxy) is 1. The van der Waals surface area contributed by atoms with Crippen molar-refractivity contribution in [2.24, 2.45) is 5.92 Å². The molecule has 0 aliphatic heterocycles. The molecule has 1 aromatic carbocycles. The second kappa shape index (κ2) is 5.79. The Hall–Kier alpha value is -0.280. The van der Waals surface area contributed by atoms with E-state index in [-0.39, 0.29) is 5.41 Å². The first-order valence-corrected chi connectivity index (χ1v) is 7.01. The van der Waals surface area contributed by atoms with Crippen LogP contribution in [0.25, 0.3) is 0 Å². The van der Waals surface area contributed by atoms with Gasteiger partial charge in [-0.2, -0.15) is 0 Å². The summed E-state index contributed by atoms with van der Waals surface area (Å²) in [5, 5.41) is 4.92. The molecular formula is C14H19Cl2NO. The lowest BCUT2D eigenvalue weighted by molar-refractivity contribution is 0.198. The molecule has 100 valence electrons. The number of nitrogens with one attached hydrogen (secondary N) is 1. The first kappa shape index (κ1) is 14.1. The van der Waals surface area contributed by atoms with Crippen molar-refractivity contribution in [3.8, 4) is 0 Å². The Balaban J connectivity index is 2.08. The molecular weight excluding hydrogens is 269 g/mol. The summed E-state index contributed by atoms with van der Waals surface area (Å²) >= 11 is 12.3. The van der Waals surface area contributed by atoms with Gasteiger partial charge >= 0.3 is 0 Å². The average molecular weight is 288 g/mol. The summed E-state index contributed by atoms with van der Waals surface area (Å²) in [7, 11) is 1.72. The quantitative estimate of drug-likeness (QED) is 0.809. The first-order valence-electron chi connectivity index (χ1n) is 6.25. The molecule has 0 aromatic heterocycles. The van der Waals surface area contributed by atoms with Gasteiger partial charge in [0.1, 0.15) is 0 Å². The molecule has 1 fully saturated rings. The molecule has 1 aliphatic carbocycles. The van der Waals surface area contributed by atoms with Crippen molar-refractivity contribution in [1.29, 1.82) is 0 Å². The van der Waals surface area contributed by atoms with Gasteiger partial charge < -0.3 is 10.1 Å². The van der Waals surface area contributed by atoms with E-state index in [9.17, 15) is 0 Å². The van der Waals surface area contributed by atoms with Crippen LogP contribution in [0.15, 0.2) is 18.2 Å². The second-order valence-corrected chi connectivity index (χ2v) is 5.90. The molecule has 1 aliphatic rings. The summed E-state index contributed by atoms with van der Waals surface area (Å²) in [4.78, 5) is 0. The van der Waals surface area contributed by atoms with Crippen molar-refractivity contribution in [3.63, 3.8) is 0 Å². The lowest BCUT2D eigenvalue weighted by atomic mass is 9.93. The molecule has 2 rings (SSSR count). The molecule has 1 N–H and O–H groups in total. The van der Waals surface area contributed by atoms with Crippen molar-refractivity contribution in [1.82, 2.24) is 5.32 Å². The molecule has 4 heteroatoms. The van der Waals surface area contributed by atoms with Gasteiger partial charge in [0.05, 0.1) is 6.61 Å². The Labute approximate surface area is 119 Å². The Morgan fingerprint density at radius 3 is 2.72 bits per heavy atom. The minimum absolute atomic E-state index is 0.176. The predicted molar refractivity (Wildman–Crippen MR) is 76.7 cm³/mol. The summed E-state index contributed by atoms with van der Waals surface area (Å²) in [6, 6.07) is 5.82. The van der Waals surface area contributed by atoms with Crippen molar-refractivity contribution >= 4 is 23.2 Å². The van der Waals surface area contributed by atoms with Gasteiger partial charge in [-0.15, -0.1) is 0 Å². The lowest BCUT2D eigenvalue weighted by Gasteiger charge is -2.19. The van der Waals surface area contributed by atoms with E-state index in [2.05, 4.69) is 18.3 Å². The Morgan fingerprint density at radius 1 is 1.44 bits per heavy atom. The number of hydrogen-bond acceptors (Lipinski definition) is 2. The van der Waals surface area contributed by atoms with Crippen molar-refractivity contribution in [3.05, 3.63) is 33.8 Å². The highest BCUT2D eigenvalue weighted by Gasteiger charge is 2.52. The standard InChI is InChI=1S/C14H19Cl2NO/c1-10-8-14(10,9-17-5-6-18-2)12-4-3-11(15)7-13(12)16/h3-4,7,10,17H,5-6,8-9H2,1-2H3.